The number of benzene rings is 2. The van der Waals surface area contributed by atoms with Crippen LogP contribution in [-0.4, -0.2) is 87.6 Å². The fraction of sp³-hybridized carbons (Fsp3) is 0.475. The number of hydrogen-bond donors (Lipinski definition) is 2. The third-order valence-electron chi connectivity index (χ3n) is 11.2. The van der Waals surface area contributed by atoms with Gasteiger partial charge in [0.05, 0.1) is 49.5 Å². The average molecular weight is 725 g/mol. The van der Waals surface area contributed by atoms with Gasteiger partial charge >= 0.3 is 12.1 Å². The monoisotopic (exact) mass is 724 g/mol. The number of ether oxygens (including phenoxy) is 2. The van der Waals surface area contributed by atoms with E-state index in [1.165, 1.54) is 0 Å². The Kier molecular flexibility index (Phi) is 10.1. The van der Waals surface area contributed by atoms with E-state index in [4.69, 9.17) is 9.47 Å². The van der Waals surface area contributed by atoms with Gasteiger partial charge < -0.3 is 29.9 Å². The number of carbonyl (C=O) groups excluding carboxylic acids is 3. The number of amides is 4. The first-order valence-electron chi connectivity index (χ1n) is 18.0. The number of piperidine rings is 2. The van der Waals surface area contributed by atoms with Gasteiger partial charge in [0, 0.05) is 61.9 Å². The highest BCUT2D eigenvalue weighted by Gasteiger charge is 2.57. The summed E-state index contributed by atoms with van der Waals surface area (Å²) in [5.41, 5.74) is 7.75. The van der Waals surface area contributed by atoms with E-state index in [-0.39, 0.29) is 44.0 Å². The highest BCUT2D eigenvalue weighted by molar-refractivity contribution is 5.97. The van der Waals surface area contributed by atoms with Gasteiger partial charge in [-0.1, -0.05) is 6.07 Å². The Hall–Kier alpha value is -5.33. The minimum absolute atomic E-state index is 0.0746. The lowest BCUT2D eigenvalue weighted by Crippen LogP contribution is -2.70. The van der Waals surface area contributed by atoms with E-state index in [2.05, 4.69) is 20.8 Å². The van der Waals surface area contributed by atoms with Crippen LogP contribution in [0.5, 0.6) is 11.5 Å². The molecular weight excluding hydrogens is 672 g/mol. The van der Waals surface area contributed by atoms with Crippen LogP contribution in [0, 0.1) is 52.4 Å². The Balaban J connectivity index is 1.13. The number of aromatic nitrogens is 4. The number of carbonyl (C=O) groups is 3. The Morgan fingerprint density at radius 1 is 0.717 bits per heavy atom. The van der Waals surface area contributed by atoms with E-state index in [0.29, 0.717) is 31.1 Å². The minimum atomic E-state index is -0.931. The second-order valence-electron chi connectivity index (χ2n) is 15.4. The van der Waals surface area contributed by atoms with Crippen molar-refractivity contribution in [3.8, 4) is 11.5 Å². The second kappa shape index (κ2) is 14.2. The third-order valence-corrected chi connectivity index (χ3v) is 11.2. The van der Waals surface area contributed by atoms with E-state index >= 15 is 0 Å². The molecule has 2 aromatic carbocycles. The second-order valence-corrected chi connectivity index (χ2v) is 15.4. The molecule has 2 aliphatic rings. The van der Waals surface area contributed by atoms with Crippen LogP contribution in [0.4, 0.5) is 15.3 Å². The lowest BCUT2D eigenvalue weighted by atomic mass is 9.64. The van der Waals surface area contributed by atoms with Crippen LogP contribution in [0.1, 0.15) is 64.2 Å². The van der Waals surface area contributed by atoms with Crippen LogP contribution in [0.15, 0.2) is 36.7 Å². The molecule has 0 saturated carbocycles. The number of fused-ring (bicyclic) bond motifs is 2. The maximum atomic E-state index is 13.9. The van der Waals surface area contributed by atoms with Gasteiger partial charge in [0.2, 0.25) is 0 Å². The molecular formula is C40H52N8O5. The number of ketones is 1. The molecule has 282 valence electrons. The molecule has 4 heterocycles. The van der Waals surface area contributed by atoms with E-state index in [1.807, 2.05) is 101 Å². The standard InChI is InChI=1S/C40H52N8O5/c1-24-16-47(43-28(24)5)18-31-26(3)30(11-13-34(31)52-9)15-41-37(50)45-20-39(7)22-46(23-40(8,21-45)36(39)49)38(51)42-33-12-14-35(53-10)32(27(33)4)19-48-17-25(2)29(6)44-48/h11-14,16-17H,15,18-23H2,1-10H3,(H,41,50)(H,42,51). The van der Waals surface area contributed by atoms with Gasteiger partial charge in [-0.15, -0.1) is 0 Å². The first-order valence-corrected chi connectivity index (χ1v) is 18.0. The van der Waals surface area contributed by atoms with Gasteiger partial charge in [-0.25, -0.2) is 9.59 Å². The van der Waals surface area contributed by atoms with E-state index in [1.54, 1.807) is 24.0 Å². The fourth-order valence-corrected chi connectivity index (χ4v) is 8.01. The summed E-state index contributed by atoms with van der Waals surface area (Å²) in [6.07, 6.45) is 4.01. The molecule has 2 bridgehead atoms. The van der Waals surface area contributed by atoms with Gasteiger partial charge in [-0.05, 0) is 101 Å². The van der Waals surface area contributed by atoms with Crippen molar-refractivity contribution in [2.75, 3.05) is 45.7 Å². The fourth-order valence-electron chi connectivity index (χ4n) is 8.01. The van der Waals surface area contributed by atoms with Gasteiger partial charge in [-0.3, -0.25) is 14.2 Å². The zero-order chi connectivity index (χ0) is 38.4. The number of aryl methyl sites for hydroxylation is 4. The highest BCUT2D eigenvalue weighted by Crippen LogP contribution is 2.43. The van der Waals surface area contributed by atoms with Crippen molar-refractivity contribution in [3.63, 3.8) is 0 Å². The maximum absolute atomic E-state index is 13.9. The van der Waals surface area contributed by atoms with Gasteiger partial charge in [0.1, 0.15) is 11.5 Å². The van der Waals surface area contributed by atoms with Crippen molar-refractivity contribution < 1.29 is 23.9 Å². The van der Waals surface area contributed by atoms with Crippen molar-refractivity contribution in [2.24, 2.45) is 10.8 Å². The Bertz CT molecular complexity index is 2020. The largest absolute Gasteiger partial charge is 0.496 e. The van der Waals surface area contributed by atoms with Gasteiger partial charge in [0.15, 0.2) is 5.78 Å². The molecule has 53 heavy (non-hydrogen) atoms. The number of nitrogens with one attached hydrogen (secondary N) is 2. The first-order chi connectivity index (χ1) is 25.0. The number of nitrogens with zero attached hydrogens (tertiary/aromatic N) is 6. The summed E-state index contributed by atoms with van der Waals surface area (Å²) in [5, 5.41) is 15.4. The summed E-state index contributed by atoms with van der Waals surface area (Å²) in [7, 11) is 3.29. The summed E-state index contributed by atoms with van der Waals surface area (Å²) < 4.78 is 15.1. The number of Topliss-reactive ketones (excluding diaryl/α,β-unsaturated/α-hetero) is 1. The van der Waals surface area contributed by atoms with Crippen molar-refractivity contribution in [3.05, 3.63) is 87.0 Å². The van der Waals surface area contributed by atoms with Crippen molar-refractivity contribution in [1.29, 1.82) is 0 Å². The molecule has 2 fully saturated rings. The molecule has 0 radical (unpaired) electrons. The third kappa shape index (κ3) is 7.21. The minimum Gasteiger partial charge on any atom is -0.496 e. The van der Waals surface area contributed by atoms with Crippen molar-refractivity contribution in [2.45, 2.75) is 75.0 Å². The molecule has 0 spiro atoms. The summed E-state index contributed by atoms with van der Waals surface area (Å²) in [5.74, 6) is 1.55. The number of likely N-dealkylation sites (tertiary alicyclic amines) is 2. The summed E-state index contributed by atoms with van der Waals surface area (Å²) in [6, 6.07) is 7.06. The highest BCUT2D eigenvalue weighted by atomic mass is 16.5. The predicted octanol–water partition coefficient (Wildman–Crippen LogP) is 5.70. The van der Waals surface area contributed by atoms with Crippen LogP contribution in [0.25, 0.3) is 0 Å². The summed E-state index contributed by atoms with van der Waals surface area (Å²) in [6.45, 7) is 17.9. The molecule has 4 aromatic rings. The molecule has 2 aromatic heterocycles. The molecule has 2 aliphatic heterocycles. The van der Waals surface area contributed by atoms with Crippen LogP contribution >= 0.6 is 0 Å². The zero-order valence-electron chi connectivity index (χ0n) is 32.6. The Morgan fingerprint density at radius 3 is 1.66 bits per heavy atom. The van der Waals surface area contributed by atoms with Gasteiger partial charge in [0.25, 0.3) is 0 Å². The lowest BCUT2D eigenvalue weighted by molar-refractivity contribution is -0.152. The molecule has 2 saturated heterocycles. The predicted molar refractivity (Wildman–Crippen MR) is 203 cm³/mol. The number of rotatable bonds is 9. The molecule has 2 unspecified atom stereocenters. The summed E-state index contributed by atoms with van der Waals surface area (Å²) >= 11 is 0. The number of hydrogen-bond acceptors (Lipinski definition) is 7. The first kappa shape index (κ1) is 37.4. The lowest BCUT2D eigenvalue weighted by Gasteiger charge is -2.54. The zero-order valence-corrected chi connectivity index (χ0v) is 32.6. The van der Waals surface area contributed by atoms with E-state index in [9.17, 15) is 14.4 Å². The van der Waals surface area contributed by atoms with E-state index in [0.717, 1.165) is 56.1 Å². The molecule has 13 heteroatoms. The Morgan fingerprint density at radius 2 is 1.19 bits per heavy atom. The average Bonchev–Trinajstić information content (AvgIpc) is 3.60. The smallest absolute Gasteiger partial charge is 0.321 e. The maximum Gasteiger partial charge on any atom is 0.321 e. The molecule has 4 amide bonds. The molecule has 13 nitrogen and oxygen atoms in total. The topological polar surface area (TPSA) is 136 Å². The van der Waals surface area contributed by atoms with Crippen LogP contribution in [-0.2, 0) is 24.4 Å². The molecule has 2 atom stereocenters. The molecule has 2 N–H and O–H groups in total. The van der Waals surface area contributed by atoms with Crippen LogP contribution < -0.4 is 20.1 Å². The molecule has 6 rings (SSSR count). The van der Waals surface area contributed by atoms with E-state index < -0.39 is 10.8 Å². The molecule has 0 aliphatic carbocycles. The van der Waals surface area contributed by atoms with Crippen LogP contribution in [0.2, 0.25) is 0 Å². The van der Waals surface area contributed by atoms with Crippen molar-refractivity contribution in [1.82, 2.24) is 34.7 Å². The van der Waals surface area contributed by atoms with Crippen LogP contribution in [0.3, 0.4) is 0 Å². The Labute approximate surface area is 311 Å². The summed E-state index contributed by atoms with van der Waals surface area (Å²) in [4.78, 5) is 44.9. The quantitative estimate of drug-likeness (QED) is 0.226. The number of urea groups is 2. The van der Waals surface area contributed by atoms with Crippen molar-refractivity contribution >= 4 is 23.5 Å². The number of anilines is 1. The SMILES string of the molecule is COc1ccc(CNC(=O)N2CC3(C)CN(C(=O)Nc4ccc(OC)c(Cn5cc(C)c(C)n5)c4C)CC(C)(C2)C3=O)c(C)c1Cn1cc(C)c(C)n1. The number of methoxy groups -OCH3 is 2. The normalized spacial score (nSPS) is 19.7. The van der Waals surface area contributed by atoms with Gasteiger partial charge in [-0.2, -0.15) is 10.2 Å².